The zero-order valence-corrected chi connectivity index (χ0v) is 13.1. The first-order valence-corrected chi connectivity index (χ1v) is 7.19. The Morgan fingerprint density at radius 3 is 2.73 bits per heavy atom. The van der Waals surface area contributed by atoms with Gasteiger partial charge in [0.1, 0.15) is 5.75 Å². The molecule has 0 aliphatic carbocycles. The molecule has 0 saturated carbocycles. The number of benzene rings is 1. The SMILES string of the molecule is COc1ccc2c(Cc3ncc(Cl)cc3Cl)n[nH]c(=O)c2c1. The molecule has 0 atom stereocenters. The number of pyridine rings is 1. The Hall–Kier alpha value is -2.11. The van der Waals surface area contributed by atoms with Crippen molar-refractivity contribution in [2.45, 2.75) is 6.42 Å². The predicted molar refractivity (Wildman–Crippen MR) is 86.0 cm³/mol. The fourth-order valence-electron chi connectivity index (χ4n) is 2.19. The number of rotatable bonds is 3. The molecule has 0 aliphatic heterocycles. The van der Waals surface area contributed by atoms with Gasteiger partial charge in [0.15, 0.2) is 0 Å². The van der Waals surface area contributed by atoms with Gasteiger partial charge in [-0.1, -0.05) is 23.2 Å². The second kappa shape index (κ2) is 5.94. The van der Waals surface area contributed by atoms with E-state index in [0.29, 0.717) is 39.0 Å². The molecule has 0 fully saturated rings. The predicted octanol–water partition coefficient (Wildman–Crippen LogP) is 3.22. The number of fused-ring (bicyclic) bond motifs is 1. The van der Waals surface area contributed by atoms with Crippen molar-refractivity contribution < 1.29 is 4.74 Å². The summed E-state index contributed by atoms with van der Waals surface area (Å²) in [5.74, 6) is 0.609. The fourth-order valence-corrected chi connectivity index (χ4v) is 2.64. The van der Waals surface area contributed by atoms with Crippen molar-refractivity contribution in [1.82, 2.24) is 15.2 Å². The lowest BCUT2D eigenvalue weighted by Crippen LogP contribution is -2.12. The van der Waals surface area contributed by atoms with Crippen LogP contribution in [0.15, 0.2) is 35.3 Å². The number of ether oxygens (including phenoxy) is 1. The quantitative estimate of drug-likeness (QED) is 0.797. The van der Waals surface area contributed by atoms with Gasteiger partial charge in [-0.2, -0.15) is 5.10 Å². The topological polar surface area (TPSA) is 67.9 Å². The maximum atomic E-state index is 11.9. The molecule has 7 heteroatoms. The Morgan fingerprint density at radius 1 is 1.18 bits per heavy atom. The molecule has 0 saturated heterocycles. The molecule has 0 radical (unpaired) electrons. The van der Waals surface area contributed by atoms with Crippen molar-refractivity contribution in [3.63, 3.8) is 0 Å². The molecule has 112 valence electrons. The van der Waals surface area contributed by atoms with Crippen molar-refractivity contribution in [3.05, 3.63) is 62.2 Å². The van der Waals surface area contributed by atoms with E-state index in [-0.39, 0.29) is 5.56 Å². The first kappa shape index (κ1) is 14.8. The van der Waals surface area contributed by atoms with E-state index in [1.807, 2.05) is 0 Å². The molecule has 0 unspecified atom stereocenters. The molecule has 3 rings (SSSR count). The van der Waals surface area contributed by atoms with Crippen molar-refractivity contribution in [1.29, 1.82) is 0 Å². The molecule has 0 aliphatic rings. The van der Waals surface area contributed by atoms with Crippen LogP contribution in [0.1, 0.15) is 11.4 Å². The molecule has 0 amide bonds. The second-order valence-corrected chi connectivity index (χ2v) is 5.51. The number of H-pyrrole nitrogens is 1. The molecular weight excluding hydrogens is 325 g/mol. The maximum absolute atomic E-state index is 11.9. The summed E-state index contributed by atoms with van der Waals surface area (Å²) >= 11 is 12.0. The van der Waals surface area contributed by atoms with Gasteiger partial charge in [0, 0.05) is 18.0 Å². The van der Waals surface area contributed by atoms with Crippen LogP contribution in [0.25, 0.3) is 10.8 Å². The van der Waals surface area contributed by atoms with E-state index in [2.05, 4.69) is 15.2 Å². The van der Waals surface area contributed by atoms with E-state index in [1.165, 1.54) is 6.20 Å². The van der Waals surface area contributed by atoms with E-state index < -0.39 is 0 Å². The monoisotopic (exact) mass is 335 g/mol. The average molecular weight is 336 g/mol. The Kier molecular flexibility index (Phi) is 4.00. The molecular formula is C15H11Cl2N3O2. The van der Waals surface area contributed by atoms with Gasteiger partial charge in [0.2, 0.25) is 0 Å². The third-order valence-corrected chi connectivity index (χ3v) is 3.83. The van der Waals surface area contributed by atoms with Crippen LogP contribution in [0.4, 0.5) is 0 Å². The number of aromatic nitrogens is 3. The summed E-state index contributed by atoms with van der Waals surface area (Å²) in [5.41, 5.74) is 1.05. The summed E-state index contributed by atoms with van der Waals surface area (Å²) in [5, 5.41) is 8.77. The van der Waals surface area contributed by atoms with E-state index >= 15 is 0 Å². The van der Waals surface area contributed by atoms with Crippen LogP contribution < -0.4 is 10.3 Å². The number of methoxy groups -OCH3 is 1. The molecule has 2 heterocycles. The Balaban J connectivity index is 2.11. The van der Waals surface area contributed by atoms with Crippen LogP contribution in [0, 0.1) is 0 Å². The highest BCUT2D eigenvalue weighted by atomic mass is 35.5. The lowest BCUT2D eigenvalue weighted by molar-refractivity contribution is 0.415. The van der Waals surface area contributed by atoms with Gasteiger partial charge in [0.25, 0.3) is 5.56 Å². The molecule has 2 aromatic heterocycles. The molecule has 22 heavy (non-hydrogen) atoms. The minimum absolute atomic E-state index is 0.271. The summed E-state index contributed by atoms with van der Waals surface area (Å²) in [6.07, 6.45) is 1.91. The van der Waals surface area contributed by atoms with Gasteiger partial charge in [-0.25, -0.2) is 5.10 Å². The highest BCUT2D eigenvalue weighted by Gasteiger charge is 2.11. The number of nitrogens with zero attached hydrogens (tertiary/aromatic N) is 2. The zero-order chi connectivity index (χ0) is 15.7. The highest BCUT2D eigenvalue weighted by Crippen LogP contribution is 2.24. The Labute approximate surface area is 135 Å². The van der Waals surface area contributed by atoms with E-state index in [4.69, 9.17) is 27.9 Å². The molecule has 0 spiro atoms. The van der Waals surface area contributed by atoms with Crippen LogP contribution in [0.5, 0.6) is 5.75 Å². The van der Waals surface area contributed by atoms with Crippen molar-refractivity contribution >= 4 is 34.0 Å². The average Bonchev–Trinajstić information content (AvgIpc) is 2.52. The van der Waals surface area contributed by atoms with Crippen LogP contribution in [-0.4, -0.2) is 22.3 Å². The van der Waals surface area contributed by atoms with E-state index in [0.717, 1.165) is 5.39 Å². The van der Waals surface area contributed by atoms with Crippen LogP contribution in [0.2, 0.25) is 10.0 Å². The first-order valence-electron chi connectivity index (χ1n) is 6.43. The van der Waals surface area contributed by atoms with E-state index in [9.17, 15) is 4.79 Å². The number of aromatic amines is 1. The highest BCUT2D eigenvalue weighted by molar-refractivity contribution is 6.34. The van der Waals surface area contributed by atoms with Crippen molar-refractivity contribution in [3.8, 4) is 5.75 Å². The van der Waals surface area contributed by atoms with Crippen LogP contribution in [-0.2, 0) is 6.42 Å². The largest absolute Gasteiger partial charge is 0.497 e. The van der Waals surface area contributed by atoms with Gasteiger partial charge in [-0.05, 0) is 24.3 Å². The minimum atomic E-state index is -0.271. The third-order valence-electron chi connectivity index (χ3n) is 3.29. The maximum Gasteiger partial charge on any atom is 0.272 e. The lowest BCUT2D eigenvalue weighted by atomic mass is 10.1. The second-order valence-electron chi connectivity index (χ2n) is 4.67. The summed E-state index contributed by atoms with van der Waals surface area (Å²) < 4.78 is 5.15. The normalized spacial score (nSPS) is 10.9. The standard InChI is InChI=1S/C15H11Cl2N3O2/c1-22-9-2-3-10-11(5-9)15(21)20-19-13(10)6-14-12(17)4-8(16)7-18-14/h2-5,7H,6H2,1H3,(H,20,21). The Morgan fingerprint density at radius 2 is 2.00 bits per heavy atom. The van der Waals surface area contributed by atoms with Crippen molar-refractivity contribution in [2.24, 2.45) is 0 Å². The van der Waals surface area contributed by atoms with Gasteiger partial charge in [0.05, 0.1) is 33.9 Å². The summed E-state index contributed by atoms with van der Waals surface area (Å²) in [4.78, 5) is 16.1. The number of halogens is 2. The summed E-state index contributed by atoms with van der Waals surface area (Å²) in [7, 11) is 1.55. The van der Waals surface area contributed by atoms with Gasteiger partial charge in [-0.3, -0.25) is 9.78 Å². The molecule has 5 nitrogen and oxygen atoms in total. The number of hydrogen-bond acceptors (Lipinski definition) is 4. The third kappa shape index (κ3) is 2.77. The number of hydrogen-bond donors (Lipinski definition) is 1. The first-order chi connectivity index (χ1) is 10.6. The van der Waals surface area contributed by atoms with Crippen LogP contribution in [0.3, 0.4) is 0 Å². The van der Waals surface area contributed by atoms with Crippen molar-refractivity contribution in [2.75, 3.05) is 7.11 Å². The zero-order valence-electron chi connectivity index (χ0n) is 11.6. The van der Waals surface area contributed by atoms with Gasteiger partial charge >= 0.3 is 0 Å². The Bertz CT molecular complexity index is 909. The molecule has 1 aromatic carbocycles. The summed E-state index contributed by atoms with van der Waals surface area (Å²) in [6.45, 7) is 0. The van der Waals surface area contributed by atoms with E-state index in [1.54, 1.807) is 31.4 Å². The molecule has 3 aromatic rings. The van der Waals surface area contributed by atoms with Gasteiger partial charge < -0.3 is 4.74 Å². The number of nitrogens with one attached hydrogen (secondary N) is 1. The lowest BCUT2D eigenvalue weighted by Gasteiger charge is -2.07. The minimum Gasteiger partial charge on any atom is -0.497 e. The smallest absolute Gasteiger partial charge is 0.272 e. The fraction of sp³-hybridized carbons (Fsp3) is 0.133. The van der Waals surface area contributed by atoms with Gasteiger partial charge in [-0.15, -0.1) is 0 Å². The molecule has 1 N–H and O–H groups in total. The summed E-state index contributed by atoms with van der Waals surface area (Å²) in [6, 6.07) is 6.89. The van der Waals surface area contributed by atoms with Crippen LogP contribution >= 0.6 is 23.2 Å². The molecule has 0 bridgehead atoms.